The Morgan fingerprint density at radius 1 is 1.08 bits per heavy atom. The largest absolute Gasteiger partial charge is 0.442 e. The van der Waals surface area contributed by atoms with Crippen molar-refractivity contribution in [2.24, 2.45) is 0 Å². The quantitative estimate of drug-likeness (QED) is 0.196. The number of aromatic nitrogens is 6. The molecule has 196 valence electrons. The van der Waals surface area contributed by atoms with Gasteiger partial charge in [-0.3, -0.25) is 0 Å². The number of rotatable bonds is 3. The Kier molecular flexibility index (Phi) is 8.93. The van der Waals surface area contributed by atoms with Gasteiger partial charge in [0, 0.05) is 29.4 Å². The molecule has 4 aromatic rings. The summed E-state index contributed by atoms with van der Waals surface area (Å²) in [6, 6.07) is 9.50. The third-order valence-electron chi connectivity index (χ3n) is 5.70. The molecule has 11 heteroatoms. The van der Waals surface area contributed by atoms with Crippen LogP contribution in [0, 0.1) is 11.8 Å². The van der Waals surface area contributed by atoms with Crippen LogP contribution in [0.1, 0.15) is 57.7 Å². The number of ether oxygens (including phenoxy) is 1. The van der Waals surface area contributed by atoms with Crippen LogP contribution >= 0.6 is 20.7 Å². The SMILES string of the molecule is CC(C)(C)OC(=O)n1ncc2cc(C#Cc3ccnc(-c4ccnc(NC5CCCC5)n4)n3)ccc21.PS. The summed E-state index contributed by atoms with van der Waals surface area (Å²) >= 11 is 3.44. The van der Waals surface area contributed by atoms with E-state index in [9.17, 15) is 4.79 Å². The van der Waals surface area contributed by atoms with E-state index in [2.05, 4.69) is 62.9 Å². The zero-order valence-electron chi connectivity index (χ0n) is 21.5. The molecule has 0 bridgehead atoms. The summed E-state index contributed by atoms with van der Waals surface area (Å²) in [7, 11) is 2.11. The van der Waals surface area contributed by atoms with Gasteiger partial charge in [-0.15, -0.1) is 0 Å². The predicted octanol–water partition coefficient (Wildman–Crippen LogP) is 5.53. The first kappa shape index (κ1) is 27.5. The Hall–Kier alpha value is -3.54. The number of thiol groups is 1. The van der Waals surface area contributed by atoms with Crippen LogP contribution in [0.5, 0.6) is 0 Å². The molecule has 1 aliphatic carbocycles. The van der Waals surface area contributed by atoms with Crippen molar-refractivity contribution in [1.29, 1.82) is 0 Å². The Bertz CT molecular complexity index is 1480. The molecule has 3 heterocycles. The van der Waals surface area contributed by atoms with E-state index in [-0.39, 0.29) is 0 Å². The van der Waals surface area contributed by atoms with Crippen LogP contribution in [0.15, 0.2) is 48.9 Å². The highest BCUT2D eigenvalue weighted by Gasteiger charge is 2.20. The van der Waals surface area contributed by atoms with E-state index >= 15 is 0 Å². The van der Waals surface area contributed by atoms with E-state index in [1.54, 1.807) is 36.8 Å². The van der Waals surface area contributed by atoms with E-state index in [4.69, 9.17) is 4.74 Å². The van der Waals surface area contributed by atoms with Crippen molar-refractivity contribution in [2.75, 3.05) is 5.32 Å². The lowest BCUT2D eigenvalue weighted by Gasteiger charge is -2.19. The van der Waals surface area contributed by atoms with Crippen molar-refractivity contribution in [3.05, 3.63) is 60.2 Å². The van der Waals surface area contributed by atoms with Crippen LogP contribution in [0.3, 0.4) is 0 Å². The number of carbonyl (C=O) groups is 1. The number of benzene rings is 1. The molecule has 0 aliphatic heterocycles. The molecule has 38 heavy (non-hydrogen) atoms. The molecule has 1 N–H and O–H groups in total. The topological polar surface area (TPSA) is 108 Å². The normalized spacial score (nSPS) is 13.3. The van der Waals surface area contributed by atoms with Crippen LogP contribution in [-0.4, -0.2) is 47.5 Å². The molecule has 1 unspecified atom stereocenters. The zero-order valence-corrected chi connectivity index (χ0v) is 23.6. The van der Waals surface area contributed by atoms with Crippen molar-refractivity contribution in [1.82, 2.24) is 29.7 Å². The van der Waals surface area contributed by atoms with E-state index in [1.165, 1.54) is 17.5 Å². The summed E-state index contributed by atoms with van der Waals surface area (Å²) in [4.78, 5) is 30.3. The monoisotopic (exact) mass is 547 g/mol. The average molecular weight is 548 g/mol. The summed E-state index contributed by atoms with van der Waals surface area (Å²) in [6.07, 6.45) is 9.25. The molecule has 0 saturated heterocycles. The van der Waals surface area contributed by atoms with Gasteiger partial charge in [-0.2, -0.15) is 22.0 Å². The fourth-order valence-corrected chi connectivity index (χ4v) is 4.05. The first-order valence-electron chi connectivity index (χ1n) is 12.3. The molecule has 0 radical (unpaired) electrons. The minimum atomic E-state index is -0.600. The van der Waals surface area contributed by atoms with Gasteiger partial charge < -0.3 is 10.1 Å². The van der Waals surface area contributed by atoms with Gasteiger partial charge in [0.15, 0.2) is 5.82 Å². The highest BCUT2D eigenvalue weighted by Crippen LogP contribution is 2.22. The molecule has 0 amide bonds. The van der Waals surface area contributed by atoms with Crippen molar-refractivity contribution in [3.8, 4) is 23.4 Å². The van der Waals surface area contributed by atoms with Crippen LogP contribution in [0.25, 0.3) is 22.4 Å². The first-order valence-corrected chi connectivity index (χ1v) is 14.3. The molecule has 1 aliphatic rings. The Morgan fingerprint density at radius 3 is 2.61 bits per heavy atom. The Labute approximate surface area is 229 Å². The number of carbonyl (C=O) groups excluding carboxylic acids is 1. The highest BCUT2D eigenvalue weighted by molar-refractivity contribution is 8.31. The lowest BCUT2D eigenvalue weighted by atomic mass is 10.1. The molecule has 1 saturated carbocycles. The van der Waals surface area contributed by atoms with E-state index in [0.29, 0.717) is 34.7 Å². The molecular formula is C27H30N7O2PS. The number of nitrogens with one attached hydrogen (secondary N) is 1. The second kappa shape index (κ2) is 12.3. The number of fused-ring (bicyclic) bond motifs is 1. The summed E-state index contributed by atoms with van der Waals surface area (Å²) in [5.74, 6) is 7.31. The second-order valence-corrected chi connectivity index (χ2v) is 9.72. The van der Waals surface area contributed by atoms with Gasteiger partial charge in [0.2, 0.25) is 5.95 Å². The number of nitrogens with zero attached hydrogens (tertiary/aromatic N) is 6. The summed E-state index contributed by atoms with van der Waals surface area (Å²) in [6.45, 7) is 5.46. The van der Waals surface area contributed by atoms with Crippen LogP contribution in [0.4, 0.5) is 10.7 Å². The smallest absolute Gasteiger partial charge is 0.435 e. The average Bonchev–Trinajstić information content (AvgIpc) is 3.58. The van der Waals surface area contributed by atoms with E-state index < -0.39 is 11.7 Å². The van der Waals surface area contributed by atoms with Gasteiger partial charge in [-0.05, 0) is 69.9 Å². The molecule has 1 aromatic carbocycles. The van der Waals surface area contributed by atoms with Crippen LogP contribution < -0.4 is 5.32 Å². The zero-order chi connectivity index (χ0) is 27.1. The lowest BCUT2D eigenvalue weighted by molar-refractivity contribution is 0.0522. The second-order valence-electron chi connectivity index (χ2n) is 9.72. The maximum atomic E-state index is 12.4. The maximum absolute atomic E-state index is 12.4. The van der Waals surface area contributed by atoms with Gasteiger partial charge >= 0.3 is 6.09 Å². The maximum Gasteiger partial charge on any atom is 0.435 e. The Morgan fingerprint density at radius 2 is 1.84 bits per heavy atom. The first-order chi connectivity index (χ1) is 18.3. The molecular weight excluding hydrogens is 517 g/mol. The summed E-state index contributed by atoms with van der Waals surface area (Å²) in [5, 5.41) is 8.38. The van der Waals surface area contributed by atoms with Crippen molar-refractivity contribution in [3.63, 3.8) is 0 Å². The minimum Gasteiger partial charge on any atom is -0.442 e. The third-order valence-corrected chi connectivity index (χ3v) is 5.70. The number of hydrogen-bond acceptors (Lipinski definition) is 9. The van der Waals surface area contributed by atoms with E-state index in [0.717, 1.165) is 23.8 Å². The van der Waals surface area contributed by atoms with Gasteiger partial charge in [-0.1, -0.05) is 27.2 Å². The van der Waals surface area contributed by atoms with E-state index in [1.807, 2.05) is 32.9 Å². The highest BCUT2D eigenvalue weighted by atomic mass is 32.7. The van der Waals surface area contributed by atoms with Gasteiger partial charge in [0.25, 0.3) is 0 Å². The fourth-order valence-electron chi connectivity index (χ4n) is 4.05. The van der Waals surface area contributed by atoms with Crippen molar-refractivity contribution < 1.29 is 9.53 Å². The summed E-state index contributed by atoms with van der Waals surface area (Å²) in [5.41, 5.74) is 2.05. The standard InChI is InChI=1S/C27H27N7O2.H3PS/c1-27(2,3)36-26(35)34-23-11-9-18(16-19(23)17-30-34)8-10-21-12-14-28-24(31-21)22-13-15-29-25(33-22)32-20-6-4-5-7-20;1-2/h9,11-17,20H,4-7H2,1-3H3,(H,29,32,33);2H,1H2. The number of hydrogen-bond donors (Lipinski definition) is 2. The van der Waals surface area contributed by atoms with Gasteiger partial charge in [0.05, 0.1) is 11.7 Å². The molecule has 1 atom stereocenters. The van der Waals surface area contributed by atoms with Crippen LogP contribution in [-0.2, 0) is 4.74 Å². The molecule has 0 spiro atoms. The van der Waals surface area contributed by atoms with Gasteiger partial charge in [-0.25, -0.2) is 24.7 Å². The third kappa shape index (κ3) is 7.06. The fraction of sp³-hybridized carbons (Fsp3) is 0.333. The summed E-state index contributed by atoms with van der Waals surface area (Å²) < 4.78 is 6.68. The molecule has 1 fully saturated rings. The van der Waals surface area contributed by atoms with Gasteiger partial charge in [0.1, 0.15) is 17.0 Å². The number of anilines is 1. The van der Waals surface area contributed by atoms with Crippen LogP contribution in [0.2, 0.25) is 0 Å². The Balaban J connectivity index is 0.00000164. The minimum absolute atomic E-state index is 0.423. The predicted molar refractivity (Wildman–Crippen MR) is 155 cm³/mol. The molecule has 3 aromatic heterocycles. The molecule has 5 rings (SSSR count). The molecule has 9 nitrogen and oxygen atoms in total. The van der Waals surface area contributed by atoms with Crippen molar-refractivity contribution >= 4 is 43.6 Å². The van der Waals surface area contributed by atoms with Crippen molar-refractivity contribution in [2.45, 2.75) is 58.1 Å². The lowest BCUT2D eigenvalue weighted by Crippen LogP contribution is -2.27.